The molecule has 0 atom stereocenters. The molecule has 2 aromatic rings. The van der Waals surface area contributed by atoms with E-state index in [1.165, 1.54) is 12.3 Å². The summed E-state index contributed by atoms with van der Waals surface area (Å²) in [7, 11) is 0. The van der Waals surface area contributed by atoms with E-state index in [-0.39, 0.29) is 11.5 Å². The summed E-state index contributed by atoms with van der Waals surface area (Å²) in [5.41, 5.74) is 5.69. The second-order valence-electron chi connectivity index (χ2n) is 3.31. The van der Waals surface area contributed by atoms with Crippen molar-refractivity contribution in [3.05, 3.63) is 46.6 Å². The molecule has 0 bridgehead atoms. The van der Waals surface area contributed by atoms with Crippen LogP contribution in [0.15, 0.2) is 34.9 Å². The summed E-state index contributed by atoms with van der Waals surface area (Å²) >= 11 is 3.19. The van der Waals surface area contributed by atoms with Crippen LogP contribution >= 0.6 is 15.9 Å². The van der Waals surface area contributed by atoms with Gasteiger partial charge in [-0.2, -0.15) is 0 Å². The average molecular weight is 300 g/mol. The first-order valence-electron chi connectivity index (χ1n) is 4.70. The van der Waals surface area contributed by atoms with E-state index < -0.39 is 11.6 Å². The SMILES string of the molecule is Nc1cc(Br)cnc1Nc1c(F)cccc1F. The summed E-state index contributed by atoms with van der Waals surface area (Å²) in [6, 6.07) is 5.18. The van der Waals surface area contributed by atoms with Gasteiger partial charge in [-0.15, -0.1) is 0 Å². The molecule has 0 aliphatic carbocycles. The van der Waals surface area contributed by atoms with Crippen molar-refractivity contribution in [3.63, 3.8) is 0 Å². The molecule has 0 spiro atoms. The minimum atomic E-state index is -0.700. The zero-order valence-electron chi connectivity index (χ0n) is 8.55. The molecule has 88 valence electrons. The van der Waals surface area contributed by atoms with E-state index in [1.54, 1.807) is 6.07 Å². The Morgan fingerprint density at radius 3 is 2.47 bits per heavy atom. The van der Waals surface area contributed by atoms with Gasteiger partial charge < -0.3 is 11.1 Å². The molecule has 0 unspecified atom stereocenters. The van der Waals surface area contributed by atoms with Gasteiger partial charge in [-0.3, -0.25) is 0 Å². The minimum Gasteiger partial charge on any atom is -0.396 e. The lowest BCUT2D eigenvalue weighted by Crippen LogP contribution is -2.02. The fourth-order valence-corrected chi connectivity index (χ4v) is 1.64. The van der Waals surface area contributed by atoms with Crippen LogP contribution in [0.5, 0.6) is 0 Å². The van der Waals surface area contributed by atoms with Crippen LogP contribution in [0.3, 0.4) is 0 Å². The first kappa shape index (κ1) is 11.8. The highest BCUT2D eigenvalue weighted by molar-refractivity contribution is 9.10. The smallest absolute Gasteiger partial charge is 0.153 e. The molecular formula is C11H8BrF2N3. The Morgan fingerprint density at radius 2 is 1.88 bits per heavy atom. The molecule has 1 aromatic carbocycles. The van der Waals surface area contributed by atoms with E-state index in [9.17, 15) is 8.78 Å². The first-order chi connectivity index (χ1) is 8.08. The van der Waals surface area contributed by atoms with Crippen molar-refractivity contribution in [3.8, 4) is 0 Å². The van der Waals surface area contributed by atoms with Gasteiger partial charge in [0.15, 0.2) is 5.82 Å². The number of nitrogens with one attached hydrogen (secondary N) is 1. The number of halogens is 3. The van der Waals surface area contributed by atoms with Crippen molar-refractivity contribution >= 4 is 33.1 Å². The number of pyridine rings is 1. The summed E-state index contributed by atoms with van der Waals surface area (Å²) in [4.78, 5) is 3.94. The number of hydrogen-bond donors (Lipinski definition) is 2. The molecule has 0 radical (unpaired) electrons. The highest BCUT2D eigenvalue weighted by Crippen LogP contribution is 2.26. The van der Waals surface area contributed by atoms with Crippen molar-refractivity contribution in [1.82, 2.24) is 4.98 Å². The molecule has 17 heavy (non-hydrogen) atoms. The van der Waals surface area contributed by atoms with E-state index >= 15 is 0 Å². The second kappa shape index (κ2) is 4.67. The van der Waals surface area contributed by atoms with Crippen molar-refractivity contribution in [2.75, 3.05) is 11.1 Å². The summed E-state index contributed by atoms with van der Waals surface area (Å²) in [5.74, 6) is -1.19. The Kier molecular flexibility index (Phi) is 3.23. The first-order valence-corrected chi connectivity index (χ1v) is 5.49. The number of benzene rings is 1. The van der Waals surface area contributed by atoms with Crippen molar-refractivity contribution < 1.29 is 8.78 Å². The predicted octanol–water partition coefficient (Wildman–Crippen LogP) is 3.45. The standard InChI is InChI=1S/C11H8BrF2N3/c12-6-4-9(15)11(16-5-6)17-10-7(13)2-1-3-8(10)14/h1-5H,15H2,(H,16,17). The molecule has 1 heterocycles. The van der Waals surface area contributed by atoms with E-state index in [0.717, 1.165) is 12.1 Å². The van der Waals surface area contributed by atoms with Crippen LogP contribution in [0.4, 0.5) is 26.0 Å². The number of rotatable bonds is 2. The third-order valence-corrected chi connectivity index (χ3v) is 2.52. The number of nitrogens with two attached hydrogens (primary N) is 1. The summed E-state index contributed by atoms with van der Waals surface area (Å²) in [6.07, 6.45) is 1.48. The quantitative estimate of drug-likeness (QED) is 0.893. The Balaban J connectivity index is 2.38. The van der Waals surface area contributed by atoms with Gasteiger partial charge in [0, 0.05) is 10.7 Å². The molecule has 0 fully saturated rings. The second-order valence-corrected chi connectivity index (χ2v) is 4.23. The van der Waals surface area contributed by atoms with Crippen LogP contribution in [0.25, 0.3) is 0 Å². The predicted molar refractivity (Wildman–Crippen MR) is 66.0 cm³/mol. The largest absolute Gasteiger partial charge is 0.396 e. The van der Waals surface area contributed by atoms with Crippen LogP contribution in [0, 0.1) is 11.6 Å². The lowest BCUT2D eigenvalue weighted by atomic mass is 10.3. The Labute approximate surface area is 105 Å². The van der Waals surface area contributed by atoms with Gasteiger partial charge in [0.05, 0.1) is 5.69 Å². The number of hydrogen-bond acceptors (Lipinski definition) is 3. The van der Waals surface area contributed by atoms with Crippen molar-refractivity contribution in [1.29, 1.82) is 0 Å². The van der Waals surface area contributed by atoms with E-state index in [1.807, 2.05) is 0 Å². The molecule has 0 amide bonds. The zero-order chi connectivity index (χ0) is 12.4. The highest BCUT2D eigenvalue weighted by Gasteiger charge is 2.10. The molecule has 1 aromatic heterocycles. The number of para-hydroxylation sites is 1. The zero-order valence-corrected chi connectivity index (χ0v) is 10.1. The lowest BCUT2D eigenvalue weighted by Gasteiger charge is -2.09. The van der Waals surface area contributed by atoms with Gasteiger partial charge in [0.25, 0.3) is 0 Å². The molecule has 3 nitrogen and oxygen atoms in total. The van der Waals surface area contributed by atoms with E-state index in [0.29, 0.717) is 10.2 Å². The minimum absolute atomic E-state index is 0.206. The summed E-state index contributed by atoms with van der Waals surface area (Å²) in [5, 5.41) is 2.53. The number of nitrogen functional groups attached to an aromatic ring is 1. The third-order valence-electron chi connectivity index (χ3n) is 2.09. The van der Waals surface area contributed by atoms with Crippen LogP contribution in [-0.4, -0.2) is 4.98 Å². The van der Waals surface area contributed by atoms with Gasteiger partial charge in [-0.1, -0.05) is 6.07 Å². The molecular weight excluding hydrogens is 292 g/mol. The third kappa shape index (κ3) is 2.52. The Bertz CT molecular complexity index is 540. The van der Waals surface area contributed by atoms with Gasteiger partial charge in [-0.25, -0.2) is 13.8 Å². The maximum absolute atomic E-state index is 13.4. The topological polar surface area (TPSA) is 50.9 Å². The van der Waals surface area contributed by atoms with Crippen LogP contribution < -0.4 is 11.1 Å². The molecule has 6 heteroatoms. The average Bonchev–Trinajstić information content (AvgIpc) is 2.26. The maximum atomic E-state index is 13.4. The molecule has 2 rings (SSSR count). The maximum Gasteiger partial charge on any atom is 0.153 e. The van der Waals surface area contributed by atoms with Crippen LogP contribution in [0.2, 0.25) is 0 Å². The van der Waals surface area contributed by atoms with Crippen LogP contribution in [-0.2, 0) is 0 Å². The van der Waals surface area contributed by atoms with Gasteiger partial charge in [0.1, 0.15) is 17.3 Å². The number of nitrogens with zero attached hydrogens (tertiary/aromatic N) is 1. The van der Waals surface area contributed by atoms with Crippen LogP contribution in [0.1, 0.15) is 0 Å². The Hall–Kier alpha value is -1.69. The molecule has 3 N–H and O–H groups in total. The molecule has 0 aliphatic heterocycles. The number of anilines is 3. The number of aromatic nitrogens is 1. The van der Waals surface area contributed by atoms with E-state index in [2.05, 4.69) is 26.2 Å². The van der Waals surface area contributed by atoms with Gasteiger partial charge in [-0.05, 0) is 34.1 Å². The molecule has 0 aliphatic rings. The Morgan fingerprint density at radius 1 is 1.24 bits per heavy atom. The normalized spacial score (nSPS) is 10.3. The van der Waals surface area contributed by atoms with Crippen molar-refractivity contribution in [2.24, 2.45) is 0 Å². The lowest BCUT2D eigenvalue weighted by molar-refractivity contribution is 0.590. The summed E-state index contributed by atoms with van der Waals surface area (Å²) in [6.45, 7) is 0. The van der Waals surface area contributed by atoms with Gasteiger partial charge in [0.2, 0.25) is 0 Å². The fraction of sp³-hybridized carbons (Fsp3) is 0. The van der Waals surface area contributed by atoms with Gasteiger partial charge >= 0.3 is 0 Å². The fourth-order valence-electron chi connectivity index (χ4n) is 1.30. The molecule has 0 saturated carbocycles. The molecule has 0 saturated heterocycles. The highest BCUT2D eigenvalue weighted by atomic mass is 79.9. The van der Waals surface area contributed by atoms with Crippen molar-refractivity contribution in [2.45, 2.75) is 0 Å². The van der Waals surface area contributed by atoms with E-state index in [4.69, 9.17) is 5.73 Å². The summed E-state index contributed by atoms with van der Waals surface area (Å²) < 4.78 is 27.4. The monoisotopic (exact) mass is 299 g/mol.